The maximum atomic E-state index is 11.2. The van der Waals surface area contributed by atoms with Crippen LogP contribution in [0.2, 0.25) is 0 Å². The Bertz CT molecular complexity index is 119. The summed E-state index contributed by atoms with van der Waals surface area (Å²) in [5, 5.41) is 8.92. The topological polar surface area (TPSA) is 40.5 Å². The highest BCUT2D eigenvalue weighted by atomic mass is 16.3. The Hall–Kier alpha value is -0.570. The van der Waals surface area contributed by atoms with Crippen molar-refractivity contribution in [2.45, 2.75) is 33.3 Å². The lowest BCUT2D eigenvalue weighted by Gasteiger charge is -2.19. The third kappa shape index (κ3) is 3.98. The summed E-state index contributed by atoms with van der Waals surface area (Å²) in [7, 11) is 0. The summed E-state index contributed by atoms with van der Waals surface area (Å²) in [5.74, 6) is 0.0324. The molecule has 11 heavy (non-hydrogen) atoms. The number of aliphatic hydroxyl groups excluding tert-OH is 1. The molecule has 1 atom stereocenters. The molecule has 0 aliphatic rings. The van der Waals surface area contributed by atoms with E-state index in [-0.39, 0.29) is 12.3 Å². The van der Waals surface area contributed by atoms with E-state index in [1.165, 1.54) is 0 Å². The average molecular weight is 159 g/mol. The molecule has 0 aliphatic heterocycles. The number of amides is 1. The van der Waals surface area contributed by atoms with E-state index in [1.807, 2.05) is 13.8 Å². The summed E-state index contributed by atoms with van der Waals surface area (Å²) in [4.78, 5) is 12.9. The van der Waals surface area contributed by atoms with Crippen LogP contribution in [0.5, 0.6) is 0 Å². The van der Waals surface area contributed by atoms with Crippen molar-refractivity contribution in [1.29, 1.82) is 0 Å². The van der Waals surface area contributed by atoms with E-state index in [4.69, 9.17) is 5.11 Å². The van der Waals surface area contributed by atoms with Crippen LogP contribution < -0.4 is 0 Å². The average Bonchev–Trinajstić information content (AvgIpc) is 1.88. The number of rotatable bonds is 4. The molecule has 0 bridgehead atoms. The Balaban J connectivity index is 3.79. The zero-order chi connectivity index (χ0) is 8.85. The Labute approximate surface area is 68.0 Å². The predicted octanol–water partition coefficient (Wildman–Crippen LogP) is 0.626. The van der Waals surface area contributed by atoms with Gasteiger partial charge in [0, 0.05) is 13.1 Å². The first-order valence-corrected chi connectivity index (χ1v) is 4.07. The standard InChI is InChI=1S/C8H17NO2/c1-4-9(5-2)8(11)6-7(3)10/h7,10H,4-6H2,1-3H3. The van der Waals surface area contributed by atoms with Crippen molar-refractivity contribution in [1.82, 2.24) is 4.90 Å². The molecule has 0 saturated heterocycles. The number of nitrogens with zero attached hydrogens (tertiary/aromatic N) is 1. The van der Waals surface area contributed by atoms with Gasteiger partial charge in [0.15, 0.2) is 0 Å². The molecule has 0 fully saturated rings. The van der Waals surface area contributed by atoms with Gasteiger partial charge in [-0.25, -0.2) is 0 Å². The largest absolute Gasteiger partial charge is 0.393 e. The Morgan fingerprint density at radius 1 is 1.45 bits per heavy atom. The van der Waals surface area contributed by atoms with E-state index in [2.05, 4.69) is 0 Å². The fourth-order valence-corrected chi connectivity index (χ4v) is 0.958. The van der Waals surface area contributed by atoms with Crippen LogP contribution in [0, 0.1) is 0 Å². The van der Waals surface area contributed by atoms with E-state index in [9.17, 15) is 4.79 Å². The van der Waals surface area contributed by atoms with Crippen molar-refractivity contribution >= 4 is 5.91 Å². The maximum Gasteiger partial charge on any atom is 0.225 e. The van der Waals surface area contributed by atoms with Gasteiger partial charge in [-0.3, -0.25) is 4.79 Å². The predicted molar refractivity (Wildman–Crippen MR) is 44.2 cm³/mol. The van der Waals surface area contributed by atoms with Crippen molar-refractivity contribution in [3.8, 4) is 0 Å². The number of aliphatic hydroxyl groups is 1. The van der Waals surface area contributed by atoms with Gasteiger partial charge in [-0.2, -0.15) is 0 Å². The lowest BCUT2D eigenvalue weighted by molar-refractivity contribution is -0.132. The van der Waals surface area contributed by atoms with Crippen LogP contribution in [0.1, 0.15) is 27.2 Å². The lowest BCUT2D eigenvalue weighted by atomic mass is 10.2. The zero-order valence-electron chi connectivity index (χ0n) is 7.50. The first kappa shape index (κ1) is 10.4. The monoisotopic (exact) mass is 159 g/mol. The fraction of sp³-hybridized carbons (Fsp3) is 0.875. The van der Waals surface area contributed by atoms with Gasteiger partial charge in [0.2, 0.25) is 5.91 Å². The molecule has 0 aromatic carbocycles. The van der Waals surface area contributed by atoms with Crippen molar-refractivity contribution in [3.63, 3.8) is 0 Å². The molecule has 0 aromatic heterocycles. The van der Waals surface area contributed by atoms with Gasteiger partial charge in [-0.05, 0) is 20.8 Å². The van der Waals surface area contributed by atoms with E-state index in [0.29, 0.717) is 0 Å². The smallest absolute Gasteiger partial charge is 0.225 e. The van der Waals surface area contributed by atoms with E-state index in [1.54, 1.807) is 11.8 Å². The quantitative estimate of drug-likeness (QED) is 0.653. The van der Waals surface area contributed by atoms with Gasteiger partial charge in [0.1, 0.15) is 0 Å². The molecule has 0 radical (unpaired) electrons. The van der Waals surface area contributed by atoms with Crippen LogP contribution in [-0.2, 0) is 4.79 Å². The first-order valence-electron chi connectivity index (χ1n) is 4.07. The zero-order valence-corrected chi connectivity index (χ0v) is 7.50. The minimum absolute atomic E-state index is 0.0324. The molecular formula is C8H17NO2. The van der Waals surface area contributed by atoms with Crippen molar-refractivity contribution in [2.75, 3.05) is 13.1 Å². The van der Waals surface area contributed by atoms with Gasteiger partial charge in [-0.1, -0.05) is 0 Å². The van der Waals surface area contributed by atoms with Gasteiger partial charge in [-0.15, -0.1) is 0 Å². The summed E-state index contributed by atoms with van der Waals surface area (Å²) in [6, 6.07) is 0. The molecule has 3 nitrogen and oxygen atoms in total. The van der Waals surface area contributed by atoms with Gasteiger partial charge in [0.25, 0.3) is 0 Å². The lowest BCUT2D eigenvalue weighted by Crippen LogP contribution is -2.32. The molecule has 66 valence electrons. The molecule has 3 heteroatoms. The highest BCUT2D eigenvalue weighted by molar-refractivity contribution is 5.76. The van der Waals surface area contributed by atoms with Crippen molar-refractivity contribution in [3.05, 3.63) is 0 Å². The second kappa shape index (κ2) is 5.13. The Morgan fingerprint density at radius 3 is 2.18 bits per heavy atom. The Morgan fingerprint density at radius 2 is 1.91 bits per heavy atom. The van der Waals surface area contributed by atoms with E-state index in [0.717, 1.165) is 13.1 Å². The minimum Gasteiger partial charge on any atom is -0.393 e. The first-order chi connectivity index (χ1) is 5.11. The van der Waals surface area contributed by atoms with Gasteiger partial charge < -0.3 is 10.0 Å². The molecule has 0 saturated carbocycles. The molecule has 0 rings (SSSR count). The molecule has 1 N–H and O–H groups in total. The van der Waals surface area contributed by atoms with Crippen molar-refractivity contribution < 1.29 is 9.90 Å². The van der Waals surface area contributed by atoms with Gasteiger partial charge >= 0.3 is 0 Å². The van der Waals surface area contributed by atoms with E-state index >= 15 is 0 Å². The molecule has 1 amide bonds. The fourth-order valence-electron chi connectivity index (χ4n) is 0.958. The van der Waals surface area contributed by atoms with E-state index < -0.39 is 6.10 Å². The molecular weight excluding hydrogens is 142 g/mol. The maximum absolute atomic E-state index is 11.2. The number of hydrogen-bond acceptors (Lipinski definition) is 2. The van der Waals surface area contributed by atoms with Crippen LogP contribution in [-0.4, -0.2) is 35.1 Å². The van der Waals surface area contributed by atoms with Gasteiger partial charge in [0.05, 0.1) is 12.5 Å². The summed E-state index contributed by atoms with van der Waals surface area (Å²) >= 11 is 0. The van der Waals surface area contributed by atoms with Crippen LogP contribution in [0.4, 0.5) is 0 Å². The van der Waals surface area contributed by atoms with Crippen LogP contribution in [0.3, 0.4) is 0 Å². The number of carbonyl (C=O) groups is 1. The third-order valence-corrected chi connectivity index (χ3v) is 1.59. The normalized spacial score (nSPS) is 12.7. The summed E-state index contributed by atoms with van der Waals surface area (Å²) in [5.41, 5.74) is 0. The summed E-state index contributed by atoms with van der Waals surface area (Å²) < 4.78 is 0. The SMILES string of the molecule is CCN(CC)C(=O)CC(C)O. The molecule has 0 heterocycles. The number of hydrogen-bond donors (Lipinski definition) is 1. The third-order valence-electron chi connectivity index (χ3n) is 1.59. The molecule has 1 unspecified atom stereocenters. The second-order valence-electron chi connectivity index (χ2n) is 2.62. The minimum atomic E-state index is -0.525. The summed E-state index contributed by atoms with van der Waals surface area (Å²) in [6.07, 6.45) is -0.287. The molecule has 0 aromatic rings. The molecule has 0 aliphatic carbocycles. The van der Waals surface area contributed by atoms with Crippen LogP contribution in [0.25, 0.3) is 0 Å². The van der Waals surface area contributed by atoms with Crippen LogP contribution >= 0.6 is 0 Å². The summed E-state index contributed by atoms with van der Waals surface area (Å²) in [6.45, 7) is 6.94. The molecule has 0 spiro atoms. The van der Waals surface area contributed by atoms with Crippen LogP contribution in [0.15, 0.2) is 0 Å². The number of carbonyl (C=O) groups excluding carboxylic acids is 1. The Kier molecular flexibility index (Phi) is 4.86. The highest BCUT2D eigenvalue weighted by Crippen LogP contribution is 1.97. The second-order valence-corrected chi connectivity index (χ2v) is 2.62. The highest BCUT2D eigenvalue weighted by Gasteiger charge is 2.11. The van der Waals surface area contributed by atoms with Crippen molar-refractivity contribution in [2.24, 2.45) is 0 Å².